The molecule has 0 saturated carbocycles. The van der Waals surface area contributed by atoms with Crippen molar-refractivity contribution in [2.45, 2.75) is 13.8 Å². The maximum Gasteiger partial charge on any atom is 0.253 e. The molecule has 2 heterocycles. The molecule has 1 aromatic heterocycles. The Labute approximate surface area is 181 Å². The number of aromatic nitrogens is 2. The summed E-state index contributed by atoms with van der Waals surface area (Å²) in [4.78, 5) is 17.1. The summed E-state index contributed by atoms with van der Waals surface area (Å²) in [6, 6.07) is 15.6. The zero-order valence-electron chi connectivity index (χ0n) is 17.4. The Hall–Kier alpha value is -2.99. The van der Waals surface area contributed by atoms with Gasteiger partial charge in [0.15, 0.2) is 0 Å². The van der Waals surface area contributed by atoms with Crippen LogP contribution >= 0.6 is 11.6 Å². The second-order valence-corrected chi connectivity index (χ2v) is 7.80. The number of hydrogen-bond acceptors (Lipinski definition) is 4. The van der Waals surface area contributed by atoms with Crippen molar-refractivity contribution in [1.29, 1.82) is 0 Å². The van der Waals surface area contributed by atoms with Gasteiger partial charge in [0, 0.05) is 43.5 Å². The minimum absolute atomic E-state index is 0.0539. The van der Waals surface area contributed by atoms with Crippen LogP contribution in [0.5, 0.6) is 5.75 Å². The van der Waals surface area contributed by atoms with Gasteiger partial charge >= 0.3 is 0 Å². The number of anilines is 1. The fourth-order valence-corrected chi connectivity index (χ4v) is 3.90. The number of nitrogens with zero attached hydrogens (tertiary/aromatic N) is 4. The van der Waals surface area contributed by atoms with Crippen LogP contribution in [0, 0.1) is 13.8 Å². The molecule has 7 heteroatoms. The molecule has 0 bridgehead atoms. The zero-order chi connectivity index (χ0) is 21.3. The van der Waals surface area contributed by atoms with Gasteiger partial charge in [-0.15, -0.1) is 0 Å². The van der Waals surface area contributed by atoms with Crippen LogP contribution in [0.15, 0.2) is 48.5 Å². The highest BCUT2D eigenvalue weighted by Gasteiger charge is 2.22. The summed E-state index contributed by atoms with van der Waals surface area (Å²) in [5, 5.41) is 5.14. The molecule has 2 aromatic carbocycles. The molecule has 0 N–H and O–H groups in total. The highest BCUT2D eigenvalue weighted by molar-refractivity contribution is 6.31. The number of rotatable bonds is 4. The summed E-state index contributed by atoms with van der Waals surface area (Å²) in [6.45, 7) is 6.77. The van der Waals surface area contributed by atoms with E-state index in [1.165, 1.54) is 0 Å². The monoisotopic (exact) mass is 424 g/mol. The molecule has 0 unspecified atom stereocenters. The molecular weight excluding hydrogens is 400 g/mol. The van der Waals surface area contributed by atoms with Gasteiger partial charge in [0.2, 0.25) is 0 Å². The lowest BCUT2D eigenvalue weighted by molar-refractivity contribution is 0.0747. The highest BCUT2D eigenvalue weighted by atomic mass is 35.5. The fraction of sp³-hybridized carbons (Fsp3) is 0.304. The molecular formula is C23H25ClN4O2. The van der Waals surface area contributed by atoms with E-state index in [-0.39, 0.29) is 5.91 Å². The Morgan fingerprint density at radius 1 is 1.00 bits per heavy atom. The van der Waals surface area contributed by atoms with Gasteiger partial charge in [-0.05, 0) is 50.2 Å². The van der Waals surface area contributed by atoms with Crippen LogP contribution in [0.25, 0.3) is 5.69 Å². The van der Waals surface area contributed by atoms with E-state index in [9.17, 15) is 4.79 Å². The van der Waals surface area contributed by atoms with Gasteiger partial charge in [-0.2, -0.15) is 5.10 Å². The summed E-state index contributed by atoms with van der Waals surface area (Å²) >= 11 is 6.25. The van der Waals surface area contributed by atoms with Crippen molar-refractivity contribution in [3.8, 4) is 11.4 Å². The molecule has 0 radical (unpaired) electrons. The van der Waals surface area contributed by atoms with Gasteiger partial charge < -0.3 is 14.5 Å². The van der Waals surface area contributed by atoms with E-state index in [2.05, 4.69) is 16.1 Å². The van der Waals surface area contributed by atoms with Crippen LogP contribution in [0.3, 0.4) is 0 Å². The maximum atomic E-state index is 13.0. The molecule has 4 rings (SSSR count). The third-order valence-electron chi connectivity index (χ3n) is 5.55. The number of carbonyl (C=O) groups excluding carboxylic acids is 1. The van der Waals surface area contributed by atoms with Crippen molar-refractivity contribution in [1.82, 2.24) is 14.7 Å². The predicted molar refractivity (Wildman–Crippen MR) is 119 cm³/mol. The van der Waals surface area contributed by atoms with Crippen LogP contribution in [-0.2, 0) is 0 Å². The topological polar surface area (TPSA) is 50.6 Å². The van der Waals surface area contributed by atoms with E-state index in [1.54, 1.807) is 11.8 Å². The van der Waals surface area contributed by atoms with Gasteiger partial charge in [-0.1, -0.05) is 17.7 Å². The number of hydrogen-bond donors (Lipinski definition) is 0. The maximum absolute atomic E-state index is 13.0. The zero-order valence-corrected chi connectivity index (χ0v) is 18.2. The standard InChI is InChI=1S/C23H25ClN4O2/c1-16-22(24)17(2)28(25-16)19-9-7-18(8-10-19)23(29)27-13-11-26(12-14-27)20-5-4-6-21(15-20)30-3/h4-10,15H,11-14H2,1-3H3. The van der Waals surface area contributed by atoms with E-state index in [4.69, 9.17) is 16.3 Å². The van der Waals surface area contributed by atoms with E-state index < -0.39 is 0 Å². The minimum atomic E-state index is 0.0539. The normalized spacial score (nSPS) is 14.1. The van der Waals surface area contributed by atoms with Crippen LogP contribution in [0.4, 0.5) is 5.69 Å². The molecule has 156 valence electrons. The number of benzene rings is 2. The number of amides is 1. The van der Waals surface area contributed by atoms with Crippen molar-refractivity contribution in [3.63, 3.8) is 0 Å². The first-order valence-electron chi connectivity index (χ1n) is 9.98. The summed E-state index contributed by atoms with van der Waals surface area (Å²) < 4.78 is 7.12. The molecule has 0 aliphatic carbocycles. The molecule has 6 nitrogen and oxygen atoms in total. The van der Waals surface area contributed by atoms with Gasteiger partial charge in [0.05, 0.1) is 29.2 Å². The SMILES string of the molecule is COc1cccc(N2CCN(C(=O)c3ccc(-n4nc(C)c(Cl)c4C)cc3)CC2)c1. The van der Waals surface area contributed by atoms with E-state index >= 15 is 0 Å². The molecule has 1 amide bonds. The van der Waals surface area contributed by atoms with Crippen LogP contribution in [-0.4, -0.2) is 53.9 Å². The summed E-state index contributed by atoms with van der Waals surface area (Å²) in [5.41, 5.74) is 4.38. The van der Waals surface area contributed by atoms with Crippen molar-refractivity contribution in [3.05, 3.63) is 70.5 Å². The van der Waals surface area contributed by atoms with E-state index in [0.29, 0.717) is 23.7 Å². The Morgan fingerprint density at radius 3 is 2.30 bits per heavy atom. The molecule has 0 atom stereocenters. The van der Waals surface area contributed by atoms with Crippen LogP contribution in [0.1, 0.15) is 21.7 Å². The lowest BCUT2D eigenvalue weighted by Gasteiger charge is -2.36. The number of halogens is 1. The van der Waals surface area contributed by atoms with Gasteiger partial charge in [-0.3, -0.25) is 4.79 Å². The predicted octanol–water partition coefficient (Wildman–Crippen LogP) is 4.11. The number of methoxy groups -OCH3 is 1. The van der Waals surface area contributed by atoms with Gasteiger partial charge in [0.1, 0.15) is 5.75 Å². The summed E-state index contributed by atoms with van der Waals surface area (Å²) in [7, 11) is 1.67. The summed E-state index contributed by atoms with van der Waals surface area (Å²) in [5.74, 6) is 0.897. The Kier molecular flexibility index (Phi) is 5.68. The second-order valence-electron chi connectivity index (χ2n) is 7.42. The third-order valence-corrected chi connectivity index (χ3v) is 6.09. The molecule has 3 aromatic rings. The smallest absolute Gasteiger partial charge is 0.253 e. The van der Waals surface area contributed by atoms with Crippen molar-refractivity contribution < 1.29 is 9.53 Å². The molecule has 1 fully saturated rings. The molecule has 30 heavy (non-hydrogen) atoms. The average Bonchev–Trinajstić information content (AvgIpc) is 3.06. The van der Waals surface area contributed by atoms with Crippen molar-refractivity contribution in [2.75, 3.05) is 38.2 Å². The Bertz CT molecular complexity index is 1050. The van der Waals surface area contributed by atoms with E-state index in [1.807, 2.05) is 61.2 Å². The van der Waals surface area contributed by atoms with E-state index in [0.717, 1.165) is 41.6 Å². The number of ether oxygens (including phenoxy) is 1. The van der Waals surface area contributed by atoms with Crippen molar-refractivity contribution in [2.24, 2.45) is 0 Å². The number of carbonyl (C=O) groups is 1. The lowest BCUT2D eigenvalue weighted by Crippen LogP contribution is -2.48. The largest absolute Gasteiger partial charge is 0.497 e. The van der Waals surface area contributed by atoms with Crippen molar-refractivity contribution >= 4 is 23.2 Å². The first kappa shape index (κ1) is 20.3. The first-order chi connectivity index (χ1) is 14.5. The first-order valence-corrected chi connectivity index (χ1v) is 10.4. The quantitative estimate of drug-likeness (QED) is 0.632. The third kappa shape index (κ3) is 3.87. The number of piperazine rings is 1. The molecule has 0 spiro atoms. The highest BCUT2D eigenvalue weighted by Crippen LogP contribution is 2.24. The molecule has 1 aliphatic rings. The Balaban J connectivity index is 1.42. The molecule has 1 saturated heterocycles. The summed E-state index contributed by atoms with van der Waals surface area (Å²) in [6.07, 6.45) is 0. The minimum Gasteiger partial charge on any atom is -0.497 e. The van der Waals surface area contributed by atoms with Crippen LogP contribution in [0.2, 0.25) is 5.02 Å². The van der Waals surface area contributed by atoms with Gasteiger partial charge in [0.25, 0.3) is 5.91 Å². The Morgan fingerprint density at radius 2 is 1.70 bits per heavy atom. The lowest BCUT2D eigenvalue weighted by atomic mass is 10.1. The second kappa shape index (κ2) is 8.40. The van der Waals surface area contributed by atoms with Gasteiger partial charge in [-0.25, -0.2) is 4.68 Å². The average molecular weight is 425 g/mol. The van der Waals surface area contributed by atoms with Crippen LogP contribution < -0.4 is 9.64 Å². The fourth-order valence-electron chi connectivity index (χ4n) is 3.78. The molecule has 1 aliphatic heterocycles. The number of aryl methyl sites for hydroxylation is 1.